The average molecular weight is 296 g/mol. The SMILES string of the molecule is COCCNC(=O)COC(=O)c1cccc(C)c1[N+](=O)[O-]. The Morgan fingerprint density at radius 1 is 1.38 bits per heavy atom. The van der Waals surface area contributed by atoms with E-state index in [9.17, 15) is 19.7 Å². The van der Waals surface area contributed by atoms with Gasteiger partial charge in [-0.15, -0.1) is 0 Å². The van der Waals surface area contributed by atoms with Crippen LogP contribution >= 0.6 is 0 Å². The van der Waals surface area contributed by atoms with Crippen LogP contribution in [-0.2, 0) is 14.3 Å². The molecule has 0 fully saturated rings. The highest BCUT2D eigenvalue weighted by Crippen LogP contribution is 2.23. The van der Waals surface area contributed by atoms with Gasteiger partial charge in [0.25, 0.3) is 11.6 Å². The van der Waals surface area contributed by atoms with E-state index < -0.39 is 23.4 Å². The number of methoxy groups -OCH3 is 1. The zero-order valence-corrected chi connectivity index (χ0v) is 11.8. The van der Waals surface area contributed by atoms with E-state index in [1.807, 2.05) is 0 Å². The second-order valence-electron chi connectivity index (χ2n) is 4.15. The van der Waals surface area contributed by atoms with Crippen molar-refractivity contribution in [1.29, 1.82) is 0 Å². The van der Waals surface area contributed by atoms with Crippen molar-refractivity contribution in [1.82, 2.24) is 5.32 Å². The minimum Gasteiger partial charge on any atom is -0.452 e. The maximum absolute atomic E-state index is 11.8. The molecule has 21 heavy (non-hydrogen) atoms. The van der Waals surface area contributed by atoms with Crippen molar-refractivity contribution in [3.63, 3.8) is 0 Å². The summed E-state index contributed by atoms with van der Waals surface area (Å²) in [5.74, 6) is -1.41. The lowest BCUT2D eigenvalue weighted by Gasteiger charge is -2.07. The van der Waals surface area contributed by atoms with Crippen LogP contribution in [0.25, 0.3) is 0 Å². The van der Waals surface area contributed by atoms with Gasteiger partial charge in [0.15, 0.2) is 6.61 Å². The molecule has 0 aromatic heterocycles. The number of nitro benzene ring substituents is 1. The Bertz CT molecular complexity index is 543. The van der Waals surface area contributed by atoms with E-state index in [1.54, 1.807) is 0 Å². The fourth-order valence-electron chi connectivity index (χ4n) is 1.62. The zero-order valence-electron chi connectivity index (χ0n) is 11.8. The van der Waals surface area contributed by atoms with Crippen molar-refractivity contribution in [2.45, 2.75) is 6.92 Å². The van der Waals surface area contributed by atoms with Crippen LogP contribution in [0.1, 0.15) is 15.9 Å². The molecule has 0 heterocycles. The lowest BCUT2D eigenvalue weighted by molar-refractivity contribution is -0.385. The number of carbonyl (C=O) groups is 2. The number of carbonyl (C=O) groups excluding carboxylic acids is 2. The molecule has 0 atom stereocenters. The number of para-hydroxylation sites is 1. The summed E-state index contributed by atoms with van der Waals surface area (Å²) in [5, 5.41) is 13.4. The van der Waals surface area contributed by atoms with Gasteiger partial charge in [-0.1, -0.05) is 12.1 Å². The minimum atomic E-state index is -0.910. The van der Waals surface area contributed by atoms with Crippen LogP contribution < -0.4 is 5.32 Å². The minimum absolute atomic E-state index is 0.176. The predicted molar refractivity (Wildman–Crippen MR) is 73.0 cm³/mol. The van der Waals surface area contributed by atoms with Gasteiger partial charge in [0.05, 0.1) is 11.5 Å². The highest BCUT2D eigenvalue weighted by atomic mass is 16.6. The molecular weight excluding hydrogens is 280 g/mol. The van der Waals surface area contributed by atoms with E-state index in [0.717, 1.165) is 0 Å². The summed E-state index contributed by atoms with van der Waals surface area (Å²) in [6.07, 6.45) is 0. The van der Waals surface area contributed by atoms with E-state index in [-0.39, 0.29) is 17.8 Å². The number of nitro groups is 1. The summed E-state index contributed by atoms with van der Waals surface area (Å²) in [7, 11) is 1.49. The Morgan fingerprint density at radius 2 is 2.10 bits per heavy atom. The van der Waals surface area contributed by atoms with E-state index in [1.165, 1.54) is 32.2 Å². The highest BCUT2D eigenvalue weighted by Gasteiger charge is 2.23. The standard InChI is InChI=1S/C13H16N2O6/c1-9-4-3-5-10(12(9)15(18)19)13(17)21-8-11(16)14-6-7-20-2/h3-5H,6-8H2,1-2H3,(H,14,16). The van der Waals surface area contributed by atoms with Crippen LogP contribution in [0.5, 0.6) is 0 Å². The van der Waals surface area contributed by atoms with Gasteiger partial charge < -0.3 is 14.8 Å². The second-order valence-corrected chi connectivity index (χ2v) is 4.15. The summed E-state index contributed by atoms with van der Waals surface area (Å²) in [4.78, 5) is 33.5. The third kappa shape index (κ3) is 4.84. The number of hydrogen-bond donors (Lipinski definition) is 1. The molecule has 8 heteroatoms. The Hall–Kier alpha value is -2.48. The van der Waals surface area contributed by atoms with Crippen molar-refractivity contribution in [2.24, 2.45) is 0 Å². The van der Waals surface area contributed by atoms with Gasteiger partial charge in [-0.05, 0) is 13.0 Å². The van der Waals surface area contributed by atoms with Crippen LogP contribution in [0.3, 0.4) is 0 Å². The lowest BCUT2D eigenvalue weighted by Crippen LogP contribution is -2.31. The van der Waals surface area contributed by atoms with Gasteiger partial charge in [-0.2, -0.15) is 0 Å². The Kier molecular flexibility index (Phi) is 6.28. The third-order valence-electron chi connectivity index (χ3n) is 2.60. The topological polar surface area (TPSA) is 108 Å². The molecule has 0 saturated heterocycles. The first-order chi connectivity index (χ1) is 9.97. The average Bonchev–Trinajstić information content (AvgIpc) is 2.44. The molecule has 1 rings (SSSR count). The molecule has 1 aromatic carbocycles. The number of esters is 1. The van der Waals surface area contributed by atoms with Crippen molar-refractivity contribution >= 4 is 17.6 Å². The van der Waals surface area contributed by atoms with Crippen LogP contribution in [0.2, 0.25) is 0 Å². The van der Waals surface area contributed by atoms with Crippen LogP contribution in [-0.4, -0.2) is 43.7 Å². The number of nitrogens with zero attached hydrogens (tertiary/aromatic N) is 1. The zero-order chi connectivity index (χ0) is 15.8. The first-order valence-corrected chi connectivity index (χ1v) is 6.14. The number of ether oxygens (including phenoxy) is 2. The number of benzene rings is 1. The van der Waals surface area contributed by atoms with Gasteiger partial charge >= 0.3 is 5.97 Å². The number of aryl methyl sites for hydroxylation is 1. The molecule has 0 unspecified atom stereocenters. The number of amides is 1. The number of nitrogens with one attached hydrogen (secondary N) is 1. The summed E-state index contributed by atoms with van der Waals surface area (Å²) in [5.41, 5.74) is -0.147. The van der Waals surface area contributed by atoms with Crippen molar-refractivity contribution < 1.29 is 24.0 Å². The van der Waals surface area contributed by atoms with Crippen molar-refractivity contribution in [2.75, 3.05) is 26.9 Å². The molecule has 8 nitrogen and oxygen atoms in total. The summed E-state index contributed by atoms with van der Waals surface area (Å²) in [6.45, 7) is 1.64. The quantitative estimate of drug-likeness (QED) is 0.345. The summed E-state index contributed by atoms with van der Waals surface area (Å²) < 4.78 is 9.52. The molecule has 0 radical (unpaired) electrons. The van der Waals surface area contributed by atoms with Crippen LogP contribution in [0.15, 0.2) is 18.2 Å². The molecule has 0 aliphatic heterocycles. The molecule has 1 amide bonds. The van der Waals surface area contributed by atoms with E-state index in [0.29, 0.717) is 12.2 Å². The molecule has 0 bridgehead atoms. The van der Waals surface area contributed by atoms with E-state index >= 15 is 0 Å². The Labute approximate surface area is 121 Å². The predicted octanol–water partition coefficient (Wildman–Crippen LogP) is 0.823. The molecule has 0 saturated carbocycles. The van der Waals surface area contributed by atoms with Gasteiger partial charge in [0.1, 0.15) is 5.56 Å². The van der Waals surface area contributed by atoms with E-state index in [4.69, 9.17) is 9.47 Å². The van der Waals surface area contributed by atoms with E-state index in [2.05, 4.69) is 5.32 Å². The first kappa shape index (κ1) is 16.6. The highest BCUT2D eigenvalue weighted by molar-refractivity contribution is 5.95. The maximum Gasteiger partial charge on any atom is 0.345 e. The number of hydrogen-bond acceptors (Lipinski definition) is 6. The normalized spacial score (nSPS) is 10.0. The second kappa shape index (κ2) is 7.95. The number of rotatable bonds is 7. The largest absolute Gasteiger partial charge is 0.452 e. The molecule has 1 N–H and O–H groups in total. The molecule has 0 aliphatic carbocycles. The molecule has 114 valence electrons. The third-order valence-corrected chi connectivity index (χ3v) is 2.60. The molecular formula is C13H16N2O6. The Morgan fingerprint density at radius 3 is 2.71 bits per heavy atom. The van der Waals surface area contributed by atoms with Crippen molar-refractivity contribution in [3.05, 3.63) is 39.4 Å². The summed E-state index contributed by atoms with van der Waals surface area (Å²) >= 11 is 0. The fourth-order valence-corrected chi connectivity index (χ4v) is 1.62. The first-order valence-electron chi connectivity index (χ1n) is 6.14. The van der Waals surface area contributed by atoms with Crippen LogP contribution in [0.4, 0.5) is 5.69 Å². The molecule has 0 aliphatic rings. The summed E-state index contributed by atoms with van der Waals surface area (Å²) in [6, 6.07) is 4.32. The smallest absolute Gasteiger partial charge is 0.345 e. The lowest BCUT2D eigenvalue weighted by atomic mass is 10.1. The maximum atomic E-state index is 11.8. The fraction of sp³-hybridized carbons (Fsp3) is 0.385. The van der Waals surface area contributed by atoms with Crippen LogP contribution in [0, 0.1) is 17.0 Å². The molecule has 1 aromatic rings. The Balaban J connectivity index is 2.67. The van der Waals surface area contributed by atoms with Gasteiger partial charge in [-0.25, -0.2) is 4.79 Å². The van der Waals surface area contributed by atoms with Gasteiger partial charge in [0.2, 0.25) is 0 Å². The van der Waals surface area contributed by atoms with Gasteiger partial charge in [-0.3, -0.25) is 14.9 Å². The monoisotopic (exact) mass is 296 g/mol. The van der Waals surface area contributed by atoms with Gasteiger partial charge in [0, 0.05) is 19.2 Å². The van der Waals surface area contributed by atoms with Crippen molar-refractivity contribution in [3.8, 4) is 0 Å². The molecule has 0 spiro atoms.